The largest absolute Gasteiger partial charge is 0.479 e. The number of carbonyl (C=O) groups is 2. The summed E-state index contributed by atoms with van der Waals surface area (Å²) in [4.78, 5) is 21.7. The Kier molecular flexibility index (Phi) is 3.10. The van der Waals surface area contributed by atoms with E-state index in [2.05, 4.69) is 5.32 Å². The van der Waals surface area contributed by atoms with Crippen LogP contribution >= 0.6 is 0 Å². The Morgan fingerprint density at radius 1 is 1.43 bits per heavy atom. The zero-order chi connectivity index (χ0) is 10.8. The van der Waals surface area contributed by atoms with Crippen LogP contribution in [-0.2, 0) is 9.59 Å². The number of rotatable bonds is 2. The quantitative estimate of drug-likeness (QED) is 0.581. The van der Waals surface area contributed by atoms with Crippen molar-refractivity contribution in [1.29, 1.82) is 0 Å². The lowest BCUT2D eigenvalue weighted by atomic mass is 9.80. The average molecular weight is 201 g/mol. The lowest BCUT2D eigenvalue weighted by Gasteiger charge is -2.36. The van der Waals surface area contributed by atoms with Gasteiger partial charge in [0.2, 0.25) is 5.91 Å². The van der Waals surface area contributed by atoms with Crippen molar-refractivity contribution in [2.24, 2.45) is 0 Å². The van der Waals surface area contributed by atoms with Gasteiger partial charge in [0.1, 0.15) is 0 Å². The van der Waals surface area contributed by atoms with E-state index in [1.165, 1.54) is 6.92 Å². The number of carboxylic acids is 1. The van der Waals surface area contributed by atoms with Gasteiger partial charge in [0, 0.05) is 6.92 Å². The number of hydrogen-bond acceptors (Lipinski definition) is 3. The molecule has 0 unspecified atom stereocenters. The second-order valence-corrected chi connectivity index (χ2v) is 3.73. The highest BCUT2D eigenvalue weighted by atomic mass is 16.4. The molecule has 1 amide bonds. The molecule has 5 nitrogen and oxygen atoms in total. The van der Waals surface area contributed by atoms with Crippen LogP contribution in [0.15, 0.2) is 0 Å². The molecule has 3 N–H and O–H groups in total. The third-order valence-corrected chi connectivity index (χ3v) is 2.63. The molecule has 0 aromatic carbocycles. The van der Waals surface area contributed by atoms with Crippen LogP contribution in [0.25, 0.3) is 0 Å². The van der Waals surface area contributed by atoms with Crippen molar-refractivity contribution in [1.82, 2.24) is 5.32 Å². The van der Waals surface area contributed by atoms with Crippen LogP contribution < -0.4 is 5.32 Å². The lowest BCUT2D eigenvalue weighted by Crippen LogP contribution is -2.58. The van der Waals surface area contributed by atoms with Crippen molar-refractivity contribution in [3.63, 3.8) is 0 Å². The third-order valence-electron chi connectivity index (χ3n) is 2.63. The fraction of sp³-hybridized carbons (Fsp3) is 0.778. The molecule has 0 aromatic rings. The maximum atomic E-state index is 10.9. The Bertz CT molecular complexity index is 253. The third kappa shape index (κ3) is 2.04. The smallest absolute Gasteiger partial charge is 0.337 e. The van der Waals surface area contributed by atoms with E-state index in [-0.39, 0.29) is 12.3 Å². The van der Waals surface area contributed by atoms with Crippen LogP contribution in [0.5, 0.6) is 0 Å². The molecule has 1 rings (SSSR count). The summed E-state index contributed by atoms with van der Waals surface area (Å²) in [6.07, 6.45) is 2.23. The Morgan fingerprint density at radius 3 is 2.57 bits per heavy atom. The topological polar surface area (TPSA) is 86.6 Å². The van der Waals surface area contributed by atoms with Crippen LogP contribution in [-0.4, -0.2) is 33.7 Å². The zero-order valence-corrected chi connectivity index (χ0v) is 8.12. The summed E-state index contributed by atoms with van der Waals surface area (Å²) in [7, 11) is 0. The first-order valence-corrected chi connectivity index (χ1v) is 4.69. The fourth-order valence-electron chi connectivity index (χ4n) is 1.85. The van der Waals surface area contributed by atoms with Crippen molar-refractivity contribution < 1.29 is 19.8 Å². The van der Waals surface area contributed by atoms with Crippen molar-refractivity contribution in [2.75, 3.05) is 0 Å². The second-order valence-electron chi connectivity index (χ2n) is 3.73. The predicted molar refractivity (Wildman–Crippen MR) is 48.7 cm³/mol. The molecule has 1 aliphatic rings. The summed E-state index contributed by atoms with van der Waals surface area (Å²) in [5.74, 6) is -1.56. The number of carboxylic acid groups (broad SMARTS) is 1. The second kappa shape index (κ2) is 3.96. The Balaban J connectivity index is 2.77. The van der Waals surface area contributed by atoms with Crippen molar-refractivity contribution in [3.05, 3.63) is 0 Å². The van der Waals surface area contributed by atoms with E-state index in [9.17, 15) is 14.7 Å². The van der Waals surface area contributed by atoms with Gasteiger partial charge in [-0.1, -0.05) is 6.42 Å². The minimum absolute atomic E-state index is 0.202. The number of aliphatic carboxylic acids is 1. The van der Waals surface area contributed by atoms with Gasteiger partial charge in [0.05, 0.1) is 6.04 Å². The molecule has 0 aromatic heterocycles. The van der Waals surface area contributed by atoms with E-state index in [0.29, 0.717) is 12.8 Å². The molecular weight excluding hydrogens is 186 g/mol. The first kappa shape index (κ1) is 11.0. The number of carbonyl (C=O) groups excluding carboxylic acids is 1. The monoisotopic (exact) mass is 201 g/mol. The lowest BCUT2D eigenvalue weighted by molar-refractivity contribution is -0.165. The summed E-state index contributed by atoms with van der Waals surface area (Å²) < 4.78 is 0. The van der Waals surface area contributed by atoms with E-state index in [4.69, 9.17) is 5.11 Å². The van der Waals surface area contributed by atoms with E-state index in [1.54, 1.807) is 0 Å². The van der Waals surface area contributed by atoms with Crippen LogP contribution in [0.4, 0.5) is 0 Å². The number of nitrogens with one attached hydrogen (secondary N) is 1. The molecule has 0 aliphatic heterocycles. The minimum atomic E-state index is -1.79. The normalized spacial score (nSPS) is 32.3. The molecule has 0 spiro atoms. The summed E-state index contributed by atoms with van der Waals surface area (Å²) in [6.45, 7) is 1.32. The molecule has 0 bridgehead atoms. The molecule has 0 saturated heterocycles. The summed E-state index contributed by atoms with van der Waals surface area (Å²) in [6, 6.07) is -0.661. The molecule has 14 heavy (non-hydrogen) atoms. The SMILES string of the molecule is CC(=O)N[C@@H]1CCCC[C@]1(O)C(=O)O. The first-order chi connectivity index (χ1) is 6.47. The Hall–Kier alpha value is -1.10. The molecule has 1 saturated carbocycles. The molecule has 1 aliphatic carbocycles. The minimum Gasteiger partial charge on any atom is -0.479 e. The summed E-state index contributed by atoms with van der Waals surface area (Å²) in [5.41, 5.74) is -1.79. The highest BCUT2D eigenvalue weighted by Crippen LogP contribution is 2.28. The van der Waals surface area contributed by atoms with E-state index >= 15 is 0 Å². The first-order valence-electron chi connectivity index (χ1n) is 4.69. The molecule has 2 atom stereocenters. The van der Waals surface area contributed by atoms with Gasteiger partial charge in [0.15, 0.2) is 5.60 Å². The van der Waals surface area contributed by atoms with Crippen LogP contribution in [0.1, 0.15) is 32.6 Å². The average Bonchev–Trinajstić information content (AvgIpc) is 2.08. The molecular formula is C9H15NO4. The van der Waals surface area contributed by atoms with Gasteiger partial charge >= 0.3 is 5.97 Å². The highest BCUT2D eigenvalue weighted by molar-refractivity contribution is 5.80. The van der Waals surface area contributed by atoms with Crippen molar-refractivity contribution >= 4 is 11.9 Å². The standard InChI is InChI=1S/C9H15NO4/c1-6(11)10-7-4-2-3-5-9(7,14)8(12)13/h7,14H,2-5H2,1H3,(H,10,11)(H,12,13)/t7-,9-/m1/s1. The van der Waals surface area contributed by atoms with Crippen molar-refractivity contribution in [2.45, 2.75) is 44.2 Å². The van der Waals surface area contributed by atoms with Gasteiger partial charge in [-0.15, -0.1) is 0 Å². The van der Waals surface area contributed by atoms with E-state index in [0.717, 1.165) is 6.42 Å². The highest BCUT2D eigenvalue weighted by Gasteiger charge is 2.46. The summed E-state index contributed by atoms with van der Waals surface area (Å²) >= 11 is 0. The summed E-state index contributed by atoms with van der Waals surface area (Å²) in [5, 5.41) is 21.2. The Labute approximate surface area is 82.1 Å². The fourth-order valence-corrected chi connectivity index (χ4v) is 1.85. The van der Waals surface area contributed by atoms with Gasteiger partial charge in [-0.2, -0.15) is 0 Å². The maximum absolute atomic E-state index is 10.9. The number of aliphatic hydroxyl groups is 1. The molecule has 1 fully saturated rings. The molecule has 80 valence electrons. The zero-order valence-electron chi connectivity index (χ0n) is 8.12. The van der Waals surface area contributed by atoms with Gasteiger partial charge < -0.3 is 15.5 Å². The number of amides is 1. The van der Waals surface area contributed by atoms with Gasteiger partial charge in [-0.25, -0.2) is 4.79 Å². The van der Waals surface area contributed by atoms with Crippen LogP contribution in [0.3, 0.4) is 0 Å². The van der Waals surface area contributed by atoms with Gasteiger partial charge in [-0.05, 0) is 19.3 Å². The van der Waals surface area contributed by atoms with Crippen LogP contribution in [0, 0.1) is 0 Å². The van der Waals surface area contributed by atoms with Gasteiger partial charge in [-0.3, -0.25) is 4.79 Å². The van der Waals surface area contributed by atoms with Crippen LogP contribution in [0.2, 0.25) is 0 Å². The molecule has 5 heteroatoms. The van der Waals surface area contributed by atoms with Gasteiger partial charge in [0.25, 0.3) is 0 Å². The Morgan fingerprint density at radius 2 is 2.07 bits per heavy atom. The van der Waals surface area contributed by atoms with E-state index < -0.39 is 17.6 Å². The predicted octanol–water partition coefficient (Wildman–Crippen LogP) is -0.119. The van der Waals surface area contributed by atoms with Crippen molar-refractivity contribution in [3.8, 4) is 0 Å². The maximum Gasteiger partial charge on any atom is 0.337 e. The van der Waals surface area contributed by atoms with E-state index in [1.807, 2.05) is 0 Å². The number of hydrogen-bond donors (Lipinski definition) is 3. The molecule has 0 radical (unpaired) electrons. The molecule has 0 heterocycles.